The smallest absolute Gasteiger partial charge is 0.331 e. The van der Waals surface area contributed by atoms with E-state index in [0.29, 0.717) is 6.42 Å². The Labute approximate surface area is 72.6 Å². The van der Waals surface area contributed by atoms with Crippen molar-refractivity contribution < 1.29 is 27.1 Å². The lowest BCUT2D eigenvalue weighted by Crippen LogP contribution is -2.47. The minimum Gasteiger partial charge on any atom is -0.331 e. The molecule has 0 aromatic rings. The summed E-state index contributed by atoms with van der Waals surface area (Å²) in [6.07, 6.45) is -8.48. The molecule has 0 aliphatic rings. The van der Waals surface area contributed by atoms with Gasteiger partial charge in [0.2, 0.25) is 0 Å². The van der Waals surface area contributed by atoms with Crippen molar-refractivity contribution >= 4 is 0 Å². The second-order valence-electron chi connectivity index (χ2n) is 2.77. The fourth-order valence-corrected chi connectivity index (χ4v) is 0.753. The monoisotopic (exact) mass is 206 g/mol. The van der Waals surface area contributed by atoms with Crippen LogP contribution >= 0.6 is 0 Å². The summed E-state index contributed by atoms with van der Waals surface area (Å²) in [4.78, 5) is 0. The van der Waals surface area contributed by atoms with Crippen molar-refractivity contribution in [1.82, 2.24) is 0 Å². The number of aliphatic hydroxyl groups is 1. The maximum absolute atomic E-state index is 12.5. The van der Waals surface area contributed by atoms with E-state index in [9.17, 15) is 22.0 Å². The summed E-state index contributed by atoms with van der Waals surface area (Å²) in [5.41, 5.74) is 0. The van der Waals surface area contributed by atoms with Gasteiger partial charge < -0.3 is 5.11 Å². The first-order valence-corrected chi connectivity index (χ1v) is 3.85. The molecule has 0 fully saturated rings. The molecule has 1 atom stereocenters. The van der Waals surface area contributed by atoms with E-state index in [0.717, 1.165) is 0 Å². The predicted molar refractivity (Wildman–Crippen MR) is 36.5 cm³/mol. The van der Waals surface area contributed by atoms with Gasteiger partial charge in [0.05, 0.1) is 0 Å². The standard InChI is InChI=1S/C7H11F5O/c1-2-3-4-5(8)6(9,10)7(11,12)13/h5,13H,2-4H2,1H3. The molecule has 0 aliphatic heterocycles. The van der Waals surface area contributed by atoms with E-state index in [2.05, 4.69) is 0 Å². The van der Waals surface area contributed by atoms with Gasteiger partial charge in [0.15, 0.2) is 6.17 Å². The van der Waals surface area contributed by atoms with Gasteiger partial charge in [-0.2, -0.15) is 17.6 Å². The first kappa shape index (κ1) is 12.6. The van der Waals surface area contributed by atoms with Crippen molar-refractivity contribution in [3.8, 4) is 0 Å². The van der Waals surface area contributed by atoms with Crippen molar-refractivity contribution in [2.45, 2.75) is 44.4 Å². The molecule has 1 nitrogen and oxygen atoms in total. The molecule has 0 amide bonds. The van der Waals surface area contributed by atoms with E-state index in [1.165, 1.54) is 0 Å². The second kappa shape index (κ2) is 4.21. The number of hydrogen-bond acceptors (Lipinski definition) is 1. The highest BCUT2D eigenvalue weighted by Crippen LogP contribution is 2.38. The van der Waals surface area contributed by atoms with Crippen LogP contribution in [0.3, 0.4) is 0 Å². The topological polar surface area (TPSA) is 20.2 Å². The summed E-state index contributed by atoms with van der Waals surface area (Å²) in [6.45, 7) is 1.61. The fourth-order valence-electron chi connectivity index (χ4n) is 0.753. The Balaban J connectivity index is 4.27. The molecule has 0 rings (SSSR count). The van der Waals surface area contributed by atoms with Gasteiger partial charge in [-0.1, -0.05) is 19.8 Å². The van der Waals surface area contributed by atoms with Gasteiger partial charge in [-0.05, 0) is 6.42 Å². The number of alkyl halides is 5. The van der Waals surface area contributed by atoms with Crippen LogP contribution < -0.4 is 0 Å². The average Bonchev–Trinajstić information content (AvgIpc) is 1.97. The lowest BCUT2D eigenvalue weighted by molar-refractivity contribution is -0.342. The molecule has 13 heavy (non-hydrogen) atoms. The maximum atomic E-state index is 12.5. The van der Waals surface area contributed by atoms with Crippen LogP contribution in [0.15, 0.2) is 0 Å². The van der Waals surface area contributed by atoms with E-state index < -0.39 is 24.6 Å². The molecule has 0 aromatic carbocycles. The molecule has 0 aliphatic carbocycles. The maximum Gasteiger partial charge on any atom is 0.420 e. The Morgan fingerprint density at radius 3 is 2.00 bits per heavy atom. The van der Waals surface area contributed by atoms with Gasteiger partial charge in [-0.3, -0.25) is 0 Å². The Bertz CT molecular complexity index is 153. The predicted octanol–water partition coefficient (Wildman–Crippen LogP) is 2.74. The molecule has 0 aromatic heterocycles. The number of hydrogen-bond donors (Lipinski definition) is 1. The molecule has 0 saturated heterocycles. The van der Waals surface area contributed by atoms with Crippen LogP contribution in [0.5, 0.6) is 0 Å². The van der Waals surface area contributed by atoms with E-state index >= 15 is 0 Å². The normalized spacial score (nSPS) is 15.9. The number of unbranched alkanes of at least 4 members (excludes halogenated alkanes) is 1. The largest absolute Gasteiger partial charge is 0.420 e. The zero-order chi connectivity index (χ0) is 10.7. The van der Waals surface area contributed by atoms with Gasteiger partial charge in [0, 0.05) is 0 Å². The fraction of sp³-hybridized carbons (Fsp3) is 1.00. The van der Waals surface area contributed by atoms with Crippen LogP contribution in [0.4, 0.5) is 22.0 Å². The highest BCUT2D eigenvalue weighted by Gasteiger charge is 2.60. The second-order valence-corrected chi connectivity index (χ2v) is 2.77. The van der Waals surface area contributed by atoms with E-state index in [1.807, 2.05) is 0 Å². The number of halogens is 5. The summed E-state index contributed by atoms with van der Waals surface area (Å²) < 4.78 is 60.5. The lowest BCUT2D eigenvalue weighted by atomic mass is 10.1. The van der Waals surface area contributed by atoms with Crippen LogP contribution in [0.2, 0.25) is 0 Å². The summed E-state index contributed by atoms with van der Waals surface area (Å²) in [5.74, 6) is -5.00. The molecule has 0 spiro atoms. The Morgan fingerprint density at radius 2 is 1.69 bits per heavy atom. The van der Waals surface area contributed by atoms with Gasteiger partial charge in [-0.15, -0.1) is 0 Å². The third-order valence-electron chi connectivity index (χ3n) is 1.61. The van der Waals surface area contributed by atoms with Crippen molar-refractivity contribution in [1.29, 1.82) is 0 Å². The molecule has 6 heteroatoms. The van der Waals surface area contributed by atoms with Gasteiger partial charge in [0.1, 0.15) is 0 Å². The van der Waals surface area contributed by atoms with Crippen molar-refractivity contribution in [2.24, 2.45) is 0 Å². The van der Waals surface area contributed by atoms with Gasteiger partial charge in [-0.25, -0.2) is 4.39 Å². The minimum absolute atomic E-state index is 0.0762. The summed E-state index contributed by atoms with van der Waals surface area (Å²) in [6, 6.07) is 0. The van der Waals surface area contributed by atoms with Crippen LogP contribution in [0.25, 0.3) is 0 Å². The molecule has 0 saturated carbocycles. The lowest BCUT2D eigenvalue weighted by Gasteiger charge is -2.24. The third kappa shape index (κ3) is 3.10. The Hall–Kier alpha value is -0.390. The Kier molecular flexibility index (Phi) is 4.09. The first-order valence-electron chi connectivity index (χ1n) is 3.85. The van der Waals surface area contributed by atoms with Crippen molar-refractivity contribution in [3.05, 3.63) is 0 Å². The van der Waals surface area contributed by atoms with Crippen molar-refractivity contribution in [2.75, 3.05) is 0 Å². The van der Waals surface area contributed by atoms with Crippen molar-refractivity contribution in [3.63, 3.8) is 0 Å². The molecule has 0 heterocycles. The van der Waals surface area contributed by atoms with Gasteiger partial charge >= 0.3 is 12.0 Å². The molecular weight excluding hydrogens is 195 g/mol. The number of rotatable bonds is 5. The summed E-state index contributed by atoms with van der Waals surface area (Å²) in [5, 5.41) is 7.69. The zero-order valence-electron chi connectivity index (χ0n) is 7.04. The summed E-state index contributed by atoms with van der Waals surface area (Å²) in [7, 11) is 0. The van der Waals surface area contributed by atoms with Crippen LogP contribution in [-0.2, 0) is 0 Å². The Morgan fingerprint density at radius 1 is 1.23 bits per heavy atom. The van der Waals surface area contributed by atoms with Crippen LogP contribution in [0.1, 0.15) is 26.2 Å². The third-order valence-corrected chi connectivity index (χ3v) is 1.61. The molecule has 80 valence electrons. The first-order chi connectivity index (χ1) is 5.73. The highest BCUT2D eigenvalue weighted by atomic mass is 19.3. The van der Waals surface area contributed by atoms with Crippen LogP contribution in [0, 0.1) is 0 Å². The molecular formula is C7H11F5O. The van der Waals surface area contributed by atoms with Crippen LogP contribution in [-0.4, -0.2) is 23.3 Å². The quantitative estimate of drug-likeness (QED) is 0.685. The molecule has 0 bridgehead atoms. The molecule has 1 unspecified atom stereocenters. The van der Waals surface area contributed by atoms with E-state index in [4.69, 9.17) is 5.11 Å². The average molecular weight is 206 g/mol. The zero-order valence-corrected chi connectivity index (χ0v) is 7.04. The SMILES string of the molecule is CCCCC(F)C(F)(F)C(O)(F)F. The highest BCUT2D eigenvalue weighted by molar-refractivity contribution is 4.83. The summed E-state index contributed by atoms with van der Waals surface area (Å²) >= 11 is 0. The van der Waals surface area contributed by atoms with Gasteiger partial charge in [0.25, 0.3) is 0 Å². The molecule has 0 radical (unpaired) electrons. The molecule has 1 N–H and O–H groups in total. The van der Waals surface area contributed by atoms with E-state index in [1.54, 1.807) is 6.92 Å². The van der Waals surface area contributed by atoms with E-state index in [-0.39, 0.29) is 6.42 Å². The minimum atomic E-state index is -5.29.